The Balaban J connectivity index is 0.00000208. The first-order valence-electron chi connectivity index (χ1n) is 7.80. The molecule has 0 bridgehead atoms. The molecular formula is C16H21ClFN5O. The third kappa shape index (κ3) is 4.10. The summed E-state index contributed by atoms with van der Waals surface area (Å²) >= 11 is 0. The van der Waals surface area contributed by atoms with E-state index in [9.17, 15) is 9.18 Å². The predicted molar refractivity (Wildman–Crippen MR) is 90.7 cm³/mol. The molecule has 0 unspecified atom stereocenters. The molecule has 24 heavy (non-hydrogen) atoms. The second kappa shape index (κ2) is 8.21. The average Bonchev–Trinajstić information content (AvgIpc) is 2.95. The van der Waals surface area contributed by atoms with E-state index in [0.29, 0.717) is 11.3 Å². The van der Waals surface area contributed by atoms with E-state index in [4.69, 9.17) is 0 Å². The van der Waals surface area contributed by atoms with Crippen molar-refractivity contribution in [2.45, 2.75) is 32.4 Å². The summed E-state index contributed by atoms with van der Waals surface area (Å²) in [6, 6.07) is 6.45. The Labute approximate surface area is 146 Å². The number of halogens is 2. The Kier molecular flexibility index (Phi) is 6.28. The normalized spacial score (nSPS) is 14.9. The minimum Gasteiger partial charge on any atom is -0.347 e. The maximum absolute atomic E-state index is 13.1. The molecule has 1 aliphatic rings. The van der Waals surface area contributed by atoms with E-state index >= 15 is 0 Å². The standard InChI is InChI=1S/C16H20FN5O.ClH/c1-11-15(20-21-22(11)14-5-7-18-8-6-14)16(23)19-10-12-3-2-4-13(17)9-12;/h2-4,9,14,18H,5-8,10H2,1H3,(H,19,23);1H. The number of piperidine rings is 1. The van der Waals surface area contributed by atoms with E-state index in [1.165, 1.54) is 12.1 Å². The van der Waals surface area contributed by atoms with Crippen molar-refractivity contribution in [2.24, 2.45) is 0 Å². The van der Waals surface area contributed by atoms with Gasteiger partial charge < -0.3 is 10.6 Å². The Hall–Kier alpha value is -1.99. The Morgan fingerprint density at radius 3 is 2.88 bits per heavy atom. The lowest BCUT2D eigenvalue weighted by Gasteiger charge is -2.23. The highest BCUT2D eigenvalue weighted by Gasteiger charge is 2.22. The van der Waals surface area contributed by atoms with Crippen LogP contribution in [0, 0.1) is 12.7 Å². The summed E-state index contributed by atoms with van der Waals surface area (Å²) in [7, 11) is 0. The number of nitrogens with one attached hydrogen (secondary N) is 2. The van der Waals surface area contributed by atoms with Gasteiger partial charge in [0.1, 0.15) is 5.82 Å². The zero-order chi connectivity index (χ0) is 16.2. The van der Waals surface area contributed by atoms with Crippen LogP contribution in [0.1, 0.15) is 40.6 Å². The van der Waals surface area contributed by atoms with Crippen molar-refractivity contribution in [2.75, 3.05) is 13.1 Å². The van der Waals surface area contributed by atoms with Gasteiger partial charge in [0.15, 0.2) is 5.69 Å². The van der Waals surface area contributed by atoms with Crippen molar-refractivity contribution in [1.29, 1.82) is 0 Å². The zero-order valence-corrected chi connectivity index (χ0v) is 14.3. The molecule has 3 rings (SSSR count). The van der Waals surface area contributed by atoms with Crippen LogP contribution in [0.2, 0.25) is 0 Å². The van der Waals surface area contributed by atoms with Gasteiger partial charge in [0.25, 0.3) is 5.91 Å². The quantitative estimate of drug-likeness (QED) is 0.882. The molecule has 1 saturated heterocycles. The van der Waals surface area contributed by atoms with E-state index < -0.39 is 0 Å². The maximum Gasteiger partial charge on any atom is 0.274 e. The van der Waals surface area contributed by atoms with Crippen LogP contribution < -0.4 is 10.6 Å². The van der Waals surface area contributed by atoms with Crippen molar-refractivity contribution < 1.29 is 9.18 Å². The van der Waals surface area contributed by atoms with Crippen LogP contribution in [0.5, 0.6) is 0 Å². The van der Waals surface area contributed by atoms with Crippen LogP contribution in [0.25, 0.3) is 0 Å². The van der Waals surface area contributed by atoms with Gasteiger partial charge in [-0.05, 0) is 50.6 Å². The number of benzene rings is 1. The van der Waals surface area contributed by atoms with Gasteiger partial charge in [0, 0.05) is 6.54 Å². The van der Waals surface area contributed by atoms with Crippen molar-refractivity contribution >= 4 is 18.3 Å². The summed E-state index contributed by atoms with van der Waals surface area (Å²) in [6.45, 7) is 4.02. The van der Waals surface area contributed by atoms with Gasteiger partial charge in [-0.25, -0.2) is 9.07 Å². The fourth-order valence-electron chi connectivity index (χ4n) is 2.86. The van der Waals surface area contributed by atoms with Gasteiger partial charge >= 0.3 is 0 Å². The first kappa shape index (κ1) is 18.4. The first-order valence-corrected chi connectivity index (χ1v) is 7.80. The highest BCUT2D eigenvalue weighted by atomic mass is 35.5. The number of nitrogens with zero attached hydrogens (tertiary/aromatic N) is 3. The number of hydrogen-bond donors (Lipinski definition) is 2. The van der Waals surface area contributed by atoms with E-state index in [1.54, 1.807) is 12.1 Å². The number of carbonyl (C=O) groups excluding carboxylic acids is 1. The molecule has 1 aromatic heterocycles. The molecule has 1 aliphatic heterocycles. The van der Waals surface area contributed by atoms with Crippen LogP contribution in [-0.2, 0) is 6.54 Å². The van der Waals surface area contributed by atoms with Gasteiger partial charge in [-0.15, -0.1) is 17.5 Å². The lowest BCUT2D eigenvalue weighted by Crippen LogP contribution is -2.30. The lowest BCUT2D eigenvalue weighted by atomic mass is 10.1. The number of rotatable bonds is 4. The van der Waals surface area contributed by atoms with Crippen molar-refractivity contribution in [3.63, 3.8) is 0 Å². The van der Waals surface area contributed by atoms with Crippen molar-refractivity contribution in [1.82, 2.24) is 25.6 Å². The molecule has 2 N–H and O–H groups in total. The van der Waals surface area contributed by atoms with Crippen LogP contribution >= 0.6 is 12.4 Å². The van der Waals surface area contributed by atoms with Crippen LogP contribution in [-0.4, -0.2) is 34.0 Å². The second-order valence-electron chi connectivity index (χ2n) is 5.76. The molecule has 6 nitrogen and oxygen atoms in total. The number of aromatic nitrogens is 3. The Morgan fingerprint density at radius 1 is 1.42 bits per heavy atom. The minimum absolute atomic E-state index is 0. The topological polar surface area (TPSA) is 71.8 Å². The number of carbonyl (C=O) groups is 1. The average molecular weight is 354 g/mol. The maximum atomic E-state index is 13.1. The van der Waals surface area contributed by atoms with E-state index in [0.717, 1.165) is 31.6 Å². The summed E-state index contributed by atoms with van der Waals surface area (Å²) in [5, 5.41) is 14.2. The molecule has 2 aromatic rings. The number of amides is 1. The van der Waals surface area contributed by atoms with Gasteiger partial charge in [-0.2, -0.15) is 0 Å². The molecule has 8 heteroatoms. The second-order valence-corrected chi connectivity index (χ2v) is 5.76. The summed E-state index contributed by atoms with van der Waals surface area (Å²) in [5.74, 6) is -0.600. The largest absolute Gasteiger partial charge is 0.347 e. The summed E-state index contributed by atoms with van der Waals surface area (Å²) in [5.41, 5.74) is 1.82. The number of hydrogen-bond acceptors (Lipinski definition) is 4. The van der Waals surface area contributed by atoms with Gasteiger partial charge in [0.2, 0.25) is 0 Å². The summed E-state index contributed by atoms with van der Waals surface area (Å²) in [6.07, 6.45) is 1.96. The first-order chi connectivity index (χ1) is 11.1. The third-order valence-electron chi connectivity index (χ3n) is 4.14. The molecule has 1 amide bonds. The highest BCUT2D eigenvalue weighted by Crippen LogP contribution is 2.20. The summed E-state index contributed by atoms with van der Waals surface area (Å²) < 4.78 is 15.0. The van der Waals surface area contributed by atoms with Gasteiger partial charge in [-0.1, -0.05) is 17.3 Å². The molecule has 0 aliphatic carbocycles. The molecule has 1 aromatic carbocycles. The van der Waals surface area contributed by atoms with E-state index in [2.05, 4.69) is 20.9 Å². The van der Waals surface area contributed by atoms with Crippen molar-refractivity contribution in [3.8, 4) is 0 Å². The molecule has 0 spiro atoms. The molecule has 2 heterocycles. The van der Waals surface area contributed by atoms with Crippen LogP contribution in [0.15, 0.2) is 24.3 Å². The third-order valence-corrected chi connectivity index (χ3v) is 4.14. The Bertz CT molecular complexity index is 700. The smallest absolute Gasteiger partial charge is 0.274 e. The van der Waals surface area contributed by atoms with Gasteiger partial charge in [0.05, 0.1) is 11.7 Å². The molecule has 130 valence electrons. The van der Waals surface area contributed by atoms with Crippen LogP contribution in [0.4, 0.5) is 4.39 Å². The molecular weight excluding hydrogens is 333 g/mol. The zero-order valence-electron chi connectivity index (χ0n) is 13.5. The monoisotopic (exact) mass is 353 g/mol. The Morgan fingerprint density at radius 2 is 2.17 bits per heavy atom. The molecule has 0 atom stereocenters. The van der Waals surface area contributed by atoms with E-state index in [1.807, 2.05) is 11.6 Å². The van der Waals surface area contributed by atoms with E-state index in [-0.39, 0.29) is 36.7 Å². The SMILES string of the molecule is Cc1c(C(=O)NCc2cccc(F)c2)nnn1C1CCNCC1.Cl. The fourth-order valence-corrected chi connectivity index (χ4v) is 2.86. The predicted octanol–water partition coefficient (Wildman–Crippen LogP) is 2.00. The van der Waals surface area contributed by atoms with Crippen LogP contribution in [0.3, 0.4) is 0 Å². The molecule has 0 saturated carbocycles. The van der Waals surface area contributed by atoms with Crippen molar-refractivity contribution in [3.05, 3.63) is 47.0 Å². The summed E-state index contributed by atoms with van der Waals surface area (Å²) in [4.78, 5) is 12.3. The molecule has 0 radical (unpaired) electrons. The van der Waals surface area contributed by atoms with Gasteiger partial charge in [-0.3, -0.25) is 4.79 Å². The lowest BCUT2D eigenvalue weighted by molar-refractivity contribution is 0.0945. The fraction of sp³-hybridized carbons (Fsp3) is 0.438. The highest BCUT2D eigenvalue weighted by molar-refractivity contribution is 5.93. The minimum atomic E-state index is -0.315. The molecule has 1 fully saturated rings.